The van der Waals surface area contributed by atoms with Crippen LogP contribution in [0.4, 0.5) is 5.69 Å². The Morgan fingerprint density at radius 3 is 2.71 bits per heavy atom. The molecule has 1 aromatic heterocycles. The molecule has 2 heterocycles. The molecule has 0 N–H and O–H groups in total. The molecule has 0 radical (unpaired) electrons. The number of rotatable bonds is 4. The summed E-state index contributed by atoms with van der Waals surface area (Å²) in [6.07, 6.45) is 3.59. The Kier molecular flexibility index (Phi) is 4.50. The normalized spacial score (nSPS) is 16.2. The lowest BCUT2D eigenvalue weighted by Gasteiger charge is -2.08. The highest BCUT2D eigenvalue weighted by molar-refractivity contribution is 8.26. The zero-order chi connectivity index (χ0) is 17.3. The van der Waals surface area contributed by atoms with E-state index < -0.39 is 0 Å². The fraction of sp³-hybridized carbons (Fsp3) is 0.125. The van der Waals surface area contributed by atoms with Gasteiger partial charge in [0.25, 0.3) is 11.6 Å². The molecule has 1 amide bonds. The Balaban J connectivity index is 1.91. The zero-order valence-corrected chi connectivity index (χ0v) is 14.3. The summed E-state index contributed by atoms with van der Waals surface area (Å²) in [7, 11) is 1.64. The van der Waals surface area contributed by atoms with Crippen molar-refractivity contribution in [2.75, 3.05) is 7.05 Å². The molecule has 0 bridgehead atoms. The second kappa shape index (κ2) is 6.58. The molecule has 0 saturated carbocycles. The van der Waals surface area contributed by atoms with Crippen LogP contribution in [-0.2, 0) is 11.3 Å². The molecule has 8 heteroatoms. The van der Waals surface area contributed by atoms with Crippen molar-refractivity contribution in [1.29, 1.82) is 0 Å². The molecular formula is C16H13N3O3S2. The van der Waals surface area contributed by atoms with Gasteiger partial charge in [0.1, 0.15) is 4.32 Å². The van der Waals surface area contributed by atoms with E-state index in [-0.39, 0.29) is 16.5 Å². The Morgan fingerprint density at radius 1 is 1.29 bits per heavy atom. The van der Waals surface area contributed by atoms with Gasteiger partial charge in [-0.3, -0.25) is 19.8 Å². The SMILES string of the molecule is CN1C(=O)C(=Cc2cccn2Cc2ccccc2[N+](=O)[O-])SC1=S. The van der Waals surface area contributed by atoms with Crippen LogP contribution < -0.4 is 0 Å². The van der Waals surface area contributed by atoms with Crippen molar-refractivity contribution < 1.29 is 9.72 Å². The molecule has 1 aromatic carbocycles. The number of nitrogens with zero attached hydrogens (tertiary/aromatic N) is 3. The smallest absolute Gasteiger partial charge is 0.274 e. The van der Waals surface area contributed by atoms with Gasteiger partial charge in [-0.25, -0.2) is 0 Å². The molecule has 2 aromatic rings. The minimum Gasteiger partial charge on any atom is -0.343 e. The third kappa shape index (κ3) is 3.10. The molecule has 1 aliphatic heterocycles. The topological polar surface area (TPSA) is 68.4 Å². The molecule has 3 rings (SSSR count). The first-order valence-corrected chi connectivity index (χ1v) is 8.29. The van der Waals surface area contributed by atoms with Gasteiger partial charge in [0.15, 0.2) is 0 Å². The van der Waals surface area contributed by atoms with Gasteiger partial charge in [-0.05, 0) is 18.2 Å². The molecule has 0 unspecified atom stereocenters. The van der Waals surface area contributed by atoms with Gasteiger partial charge in [0, 0.05) is 30.6 Å². The number of likely N-dealkylation sites (N-methyl/N-ethyl adjacent to an activating group) is 1. The van der Waals surface area contributed by atoms with E-state index in [0.717, 1.165) is 5.69 Å². The minimum atomic E-state index is -0.388. The van der Waals surface area contributed by atoms with Gasteiger partial charge in [-0.1, -0.05) is 42.2 Å². The molecule has 0 spiro atoms. The van der Waals surface area contributed by atoms with Crippen molar-refractivity contribution in [2.24, 2.45) is 0 Å². The monoisotopic (exact) mass is 359 g/mol. The highest BCUT2D eigenvalue weighted by Crippen LogP contribution is 2.31. The lowest BCUT2D eigenvalue weighted by molar-refractivity contribution is -0.385. The van der Waals surface area contributed by atoms with E-state index in [0.29, 0.717) is 21.3 Å². The molecule has 0 atom stereocenters. The second-order valence-electron chi connectivity index (χ2n) is 5.19. The quantitative estimate of drug-likeness (QED) is 0.363. The molecule has 122 valence electrons. The number of thiocarbonyl (C=S) groups is 1. The number of benzene rings is 1. The summed E-state index contributed by atoms with van der Waals surface area (Å²) in [6.45, 7) is 0.350. The average Bonchev–Trinajstić information content (AvgIpc) is 3.08. The zero-order valence-electron chi connectivity index (χ0n) is 12.7. The number of hydrogen-bond acceptors (Lipinski definition) is 5. The number of nitro groups is 1. The minimum absolute atomic E-state index is 0.0806. The summed E-state index contributed by atoms with van der Waals surface area (Å²) >= 11 is 6.37. The molecule has 0 aliphatic carbocycles. The van der Waals surface area contributed by atoms with Crippen molar-refractivity contribution in [2.45, 2.75) is 6.54 Å². The number of para-hydroxylation sites is 1. The van der Waals surface area contributed by atoms with Gasteiger partial charge in [0.2, 0.25) is 0 Å². The van der Waals surface area contributed by atoms with Crippen LogP contribution in [-0.4, -0.2) is 31.7 Å². The van der Waals surface area contributed by atoms with E-state index in [1.165, 1.54) is 22.7 Å². The second-order valence-corrected chi connectivity index (χ2v) is 6.86. The third-order valence-corrected chi connectivity index (χ3v) is 5.14. The van der Waals surface area contributed by atoms with Gasteiger partial charge >= 0.3 is 0 Å². The predicted octanol–water partition coefficient (Wildman–Crippen LogP) is 3.28. The summed E-state index contributed by atoms with van der Waals surface area (Å²) in [5.41, 5.74) is 1.48. The van der Waals surface area contributed by atoms with Crippen molar-refractivity contribution in [1.82, 2.24) is 9.47 Å². The van der Waals surface area contributed by atoms with Crippen LogP contribution in [0.15, 0.2) is 47.5 Å². The van der Waals surface area contributed by atoms with E-state index >= 15 is 0 Å². The first-order chi connectivity index (χ1) is 11.5. The van der Waals surface area contributed by atoms with E-state index in [1.807, 2.05) is 22.9 Å². The number of carbonyl (C=O) groups excluding carboxylic acids is 1. The number of thioether (sulfide) groups is 1. The largest absolute Gasteiger partial charge is 0.343 e. The van der Waals surface area contributed by atoms with Gasteiger partial charge in [-0.15, -0.1) is 0 Å². The van der Waals surface area contributed by atoms with Crippen LogP contribution in [0.5, 0.6) is 0 Å². The number of amides is 1. The molecule has 24 heavy (non-hydrogen) atoms. The average molecular weight is 359 g/mol. The molecular weight excluding hydrogens is 346 g/mol. The molecule has 1 fully saturated rings. The lowest BCUT2D eigenvalue weighted by Crippen LogP contribution is -2.22. The number of carbonyl (C=O) groups is 1. The first kappa shape index (κ1) is 16.4. The Bertz CT molecular complexity index is 873. The summed E-state index contributed by atoms with van der Waals surface area (Å²) in [5, 5.41) is 11.1. The fourth-order valence-corrected chi connectivity index (χ4v) is 3.55. The number of nitro benzene ring substituents is 1. The Morgan fingerprint density at radius 2 is 2.04 bits per heavy atom. The molecule has 1 aliphatic rings. The van der Waals surface area contributed by atoms with Crippen LogP contribution in [0.25, 0.3) is 6.08 Å². The maximum Gasteiger partial charge on any atom is 0.274 e. The summed E-state index contributed by atoms with van der Waals surface area (Å²) in [6, 6.07) is 10.3. The van der Waals surface area contributed by atoms with Crippen LogP contribution >= 0.6 is 24.0 Å². The highest BCUT2D eigenvalue weighted by Gasteiger charge is 2.28. The van der Waals surface area contributed by atoms with Gasteiger partial charge in [0.05, 0.1) is 16.4 Å². The van der Waals surface area contributed by atoms with Crippen LogP contribution in [0, 0.1) is 10.1 Å². The fourth-order valence-electron chi connectivity index (χ4n) is 2.39. The van der Waals surface area contributed by atoms with Gasteiger partial charge in [-0.2, -0.15) is 0 Å². The van der Waals surface area contributed by atoms with Crippen molar-refractivity contribution >= 4 is 46.0 Å². The standard InChI is InChI=1S/C16H13N3O3S2/c1-17-15(20)14(24-16(17)23)9-12-6-4-8-18(12)10-11-5-2-3-7-13(11)19(21)22/h2-9H,10H2,1H3. The first-order valence-electron chi connectivity index (χ1n) is 7.06. The van der Waals surface area contributed by atoms with E-state index in [9.17, 15) is 14.9 Å². The predicted molar refractivity (Wildman–Crippen MR) is 97.6 cm³/mol. The van der Waals surface area contributed by atoms with Gasteiger partial charge < -0.3 is 4.57 Å². The van der Waals surface area contributed by atoms with Crippen molar-refractivity contribution in [3.8, 4) is 0 Å². The molecule has 1 saturated heterocycles. The van der Waals surface area contributed by atoms with Crippen molar-refractivity contribution in [3.05, 3.63) is 68.9 Å². The maximum absolute atomic E-state index is 12.1. The van der Waals surface area contributed by atoms with Crippen molar-refractivity contribution in [3.63, 3.8) is 0 Å². The third-order valence-electron chi connectivity index (χ3n) is 3.66. The number of aromatic nitrogens is 1. The lowest BCUT2D eigenvalue weighted by atomic mass is 10.2. The number of hydrogen-bond donors (Lipinski definition) is 0. The molecule has 6 nitrogen and oxygen atoms in total. The van der Waals surface area contributed by atoms with Crippen LogP contribution in [0.3, 0.4) is 0 Å². The van der Waals surface area contributed by atoms with Crippen LogP contribution in [0.2, 0.25) is 0 Å². The summed E-state index contributed by atoms with van der Waals surface area (Å²) in [4.78, 5) is 24.8. The Labute approximate surface area is 147 Å². The summed E-state index contributed by atoms with van der Waals surface area (Å²) < 4.78 is 2.38. The Hall–Kier alpha value is -2.45. The van der Waals surface area contributed by atoms with E-state index in [4.69, 9.17) is 12.2 Å². The van der Waals surface area contributed by atoms with E-state index in [2.05, 4.69) is 0 Å². The highest BCUT2D eigenvalue weighted by atomic mass is 32.2. The van der Waals surface area contributed by atoms with E-state index in [1.54, 1.807) is 31.3 Å². The summed E-state index contributed by atoms with van der Waals surface area (Å²) in [5.74, 6) is -0.136. The van der Waals surface area contributed by atoms with Crippen LogP contribution in [0.1, 0.15) is 11.3 Å². The maximum atomic E-state index is 12.1.